The molecule has 0 saturated heterocycles. The zero-order valence-electron chi connectivity index (χ0n) is 9.52. The zero-order valence-corrected chi connectivity index (χ0v) is 9.52. The summed E-state index contributed by atoms with van der Waals surface area (Å²) in [7, 11) is 0. The molecule has 1 heterocycles. The Labute approximate surface area is 99.1 Å². The first-order chi connectivity index (χ1) is 8.08. The molecule has 2 aliphatic rings. The van der Waals surface area contributed by atoms with Crippen molar-refractivity contribution in [1.29, 1.82) is 0 Å². The van der Waals surface area contributed by atoms with Crippen molar-refractivity contribution in [3.05, 3.63) is 12.2 Å². The Morgan fingerprint density at radius 3 is 1.94 bits per heavy atom. The van der Waals surface area contributed by atoms with Crippen LogP contribution in [-0.2, 0) is 14.4 Å². The summed E-state index contributed by atoms with van der Waals surface area (Å²) in [5.74, 6) is -2.07. The van der Waals surface area contributed by atoms with Gasteiger partial charge in [0.25, 0.3) is 11.8 Å². The quantitative estimate of drug-likeness (QED) is 0.576. The van der Waals surface area contributed by atoms with Crippen LogP contribution in [0.1, 0.15) is 38.5 Å². The van der Waals surface area contributed by atoms with E-state index in [1.165, 1.54) is 0 Å². The van der Waals surface area contributed by atoms with E-state index in [1.807, 2.05) is 0 Å². The Kier molecular flexibility index (Phi) is 3.00. The lowest BCUT2D eigenvalue weighted by Gasteiger charge is -2.35. The molecule has 5 nitrogen and oxygen atoms in total. The molecule has 17 heavy (non-hydrogen) atoms. The lowest BCUT2D eigenvalue weighted by molar-refractivity contribution is -0.163. The predicted octanol–water partition coefficient (Wildman–Crippen LogP) is 1.09. The van der Waals surface area contributed by atoms with Gasteiger partial charge in [0.2, 0.25) is 0 Å². The van der Waals surface area contributed by atoms with Gasteiger partial charge in [0.1, 0.15) is 5.54 Å². The molecule has 1 aliphatic carbocycles. The summed E-state index contributed by atoms with van der Waals surface area (Å²) in [4.78, 5) is 35.8. The van der Waals surface area contributed by atoms with Gasteiger partial charge in [-0.25, -0.2) is 4.79 Å². The van der Waals surface area contributed by atoms with Crippen LogP contribution in [0.5, 0.6) is 0 Å². The number of aliphatic carboxylic acids is 1. The van der Waals surface area contributed by atoms with Crippen molar-refractivity contribution in [1.82, 2.24) is 4.90 Å². The average Bonchev–Trinajstić information content (AvgIpc) is 2.54. The van der Waals surface area contributed by atoms with Crippen molar-refractivity contribution in [2.24, 2.45) is 0 Å². The molecule has 1 N–H and O–H groups in total. The monoisotopic (exact) mass is 237 g/mol. The standard InChI is InChI=1S/C12H15NO4/c14-9-5-6-10(15)13(9)12(11(16)17)7-3-1-2-4-8-12/h5-6H,1-4,7-8H2,(H,16,17). The van der Waals surface area contributed by atoms with Gasteiger partial charge >= 0.3 is 5.97 Å². The largest absolute Gasteiger partial charge is 0.479 e. The number of carboxylic acids is 1. The molecule has 1 aliphatic heterocycles. The van der Waals surface area contributed by atoms with E-state index in [4.69, 9.17) is 0 Å². The van der Waals surface area contributed by atoms with E-state index in [2.05, 4.69) is 0 Å². The van der Waals surface area contributed by atoms with Crippen molar-refractivity contribution in [3.8, 4) is 0 Å². The van der Waals surface area contributed by atoms with Crippen LogP contribution < -0.4 is 0 Å². The van der Waals surface area contributed by atoms with Crippen LogP contribution >= 0.6 is 0 Å². The fraction of sp³-hybridized carbons (Fsp3) is 0.583. The molecule has 2 amide bonds. The van der Waals surface area contributed by atoms with Crippen LogP contribution in [0, 0.1) is 0 Å². The SMILES string of the molecule is O=C1C=CC(=O)N1C1(C(=O)O)CCCCCC1. The summed E-state index contributed by atoms with van der Waals surface area (Å²) in [6.07, 6.45) is 6.42. The molecule has 0 spiro atoms. The molecule has 0 bridgehead atoms. The number of carbonyl (C=O) groups excluding carboxylic acids is 2. The number of rotatable bonds is 2. The van der Waals surface area contributed by atoms with E-state index in [1.54, 1.807) is 0 Å². The number of amides is 2. The second-order valence-corrected chi connectivity index (χ2v) is 4.60. The molecule has 0 radical (unpaired) electrons. The lowest BCUT2D eigenvalue weighted by Crippen LogP contribution is -2.57. The molecule has 0 aromatic heterocycles. The number of imide groups is 1. The van der Waals surface area contributed by atoms with E-state index >= 15 is 0 Å². The van der Waals surface area contributed by atoms with Crippen molar-refractivity contribution < 1.29 is 19.5 Å². The van der Waals surface area contributed by atoms with Gasteiger partial charge in [-0.15, -0.1) is 0 Å². The van der Waals surface area contributed by atoms with Crippen LogP contribution in [0.3, 0.4) is 0 Å². The highest BCUT2D eigenvalue weighted by molar-refractivity contribution is 6.15. The number of carbonyl (C=O) groups is 3. The Balaban J connectivity index is 2.36. The fourth-order valence-corrected chi connectivity index (χ4v) is 2.67. The molecule has 0 aromatic carbocycles. The lowest BCUT2D eigenvalue weighted by atomic mass is 9.88. The summed E-state index contributed by atoms with van der Waals surface area (Å²) in [5.41, 5.74) is -1.33. The number of carboxylic acid groups (broad SMARTS) is 1. The predicted molar refractivity (Wildman–Crippen MR) is 59.1 cm³/mol. The molecule has 92 valence electrons. The summed E-state index contributed by atoms with van der Waals surface area (Å²) < 4.78 is 0. The molecular weight excluding hydrogens is 222 g/mol. The van der Waals surface area contributed by atoms with Crippen LogP contribution in [0.15, 0.2) is 12.2 Å². The van der Waals surface area contributed by atoms with Gasteiger partial charge in [-0.05, 0) is 12.8 Å². The Morgan fingerprint density at radius 2 is 1.53 bits per heavy atom. The van der Waals surface area contributed by atoms with Gasteiger partial charge in [-0.3, -0.25) is 14.5 Å². The van der Waals surface area contributed by atoms with E-state index < -0.39 is 23.3 Å². The molecule has 1 fully saturated rings. The highest BCUT2D eigenvalue weighted by Crippen LogP contribution is 2.34. The van der Waals surface area contributed by atoms with Crippen molar-refractivity contribution >= 4 is 17.8 Å². The van der Waals surface area contributed by atoms with Gasteiger partial charge in [-0.1, -0.05) is 25.7 Å². The maximum Gasteiger partial charge on any atom is 0.330 e. The van der Waals surface area contributed by atoms with Gasteiger partial charge in [-0.2, -0.15) is 0 Å². The highest BCUT2D eigenvalue weighted by atomic mass is 16.4. The van der Waals surface area contributed by atoms with Gasteiger partial charge in [0.15, 0.2) is 0 Å². The normalized spacial score (nSPS) is 23.9. The number of hydrogen-bond acceptors (Lipinski definition) is 3. The van der Waals surface area contributed by atoms with Crippen molar-refractivity contribution in [2.45, 2.75) is 44.1 Å². The van der Waals surface area contributed by atoms with Gasteiger partial charge < -0.3 is 5.11 Å². The summed E-state index contributed by atoms with van der Waals surface area (Å²) in [5, 5.41) is 9.44. The minimum absolute atomic E-state index is 0.363. The smallest absolute Gasteiger partial charge is 0.330 e. The van der Waals surface area contributed by atoms with Crippen molar-refractivity contribution in [2.75, 3.05) is 0 Å². The highest BCUT2D eigenvalue weighted by Gasteiger charge is 2.50. The molecule has 2 rings (SSSR count). The molecule has 1 saturated carbocycles. The topological polar surface area (TPSA) is 74.7 Å². The Morgan fingerprint density at radius 1 is 1.06 bits per heavy atom. The first kappa shape index (κ1) is 11.8. The molecule has 0 aromatic rings. The maximum atomic E-state index is 11.7. The van der Waals surface area contributed by atoms with Crippen LogP contribution in [0.2, 0.25) is 0 Å². The van der Waals surface area contributed by atoms with E-state index in [-0.39, 0.29) is 0 Å². The van der Waals surface area contributed by atoms with E-state index in [0.717, 1.165) is 42.7 Å². The second kappa shape index (κ2) is 4.31. The second-order valence-electron chi connectivity index (χ2n) is 4.60. The fourth-order valence-electron chi connectivity index (χ4n) is 2.67. The summed E-state index contributed by atoms with van der Waals surface area (Å²) in [6, 6.07) is 0. The molecule has 0 atom stereocenters. The molecule has 5 heteroatoms. The van der Waals surface area contributed by atoms with Gasteiger partial charge in [0, 0.05) is 12.2 Å². The molecular formula is C12H15NO4. The van der Waals surface area contributed by atoms with Crippen molar-refractivity contribution in [3.63, 3.8) is 0 Å². The first-order valence-electron chi connectivity index (χ1n) is 5.87. The van der Waals surface area contributed by atoms with Gasteiger partial charge in [0.05, 0.1) is 0 Å². The average molecular weight is 237 g/mol. The van der Waals surface area contributed by atoms with Crippen LogP contribution in [0.25, 0.3) is 0 Å². The maximum absolute atomic E-state index is 11.7. The molecule has 0 unspecified atom stereocenters. The van der Waals surface area contributed by atoms with Crippen LogP contribution in [-0.4, -0.2) is 33.3 Å². The van der Waals surface area contributed by atoms with Crippen LogP contribution in [0.4, 0.5) is 0 Å². The minimum atomic E-state index is -1.33. The third-order valence-electron chi connectivity index (χ3n) is 3.57. The zero-order chi connectivity index (χ0) is 12.5. The Bertz CT molecular complexity index is 373. The number of hydrogen-bond donors (Lipinski definition) is 1. The summed E-state index contributed by atoms with van der Waals surface area (Å²) >= 11 is 0. The third kappa shape index (κ3) is 1.85. The summed E-state index contributed by atoms with van der Waals surface area (Å²) in [6.45, 7) is 0. The van der Waals surface area contributed by atoms with E-state index in [9.17, 15) is 19.5 Å². The van der Waals surface area contributed by atoms with E-state index in [0.29, 0.717) is 12.8 Å². The third-order valence-corrected chi connectivity index (χ3v) is 3.57. The number of nitrogens with zero attached hydrogens (tertiary/aromatic N) is 1. The minimum Gasteiger partial charge on any atom is -0.479 e. The Hall–Kier alpha value is -1.65. The first-order valence-corrected chi connectivity index (χ1v) is 5.87.